The van der Waals surface area contributed by atoms with Crippen LogP contribution in [0.15, 0.2) is 24.4 Å². The highest BCUT2D eigenvalue weighted by molar-refractivity contribution is 6.05. The molecule has 0 aliphatic carbocycles. The maximum absolute atomic E-state index is 13.3. The number of hydrogen-bond donors (Lipinski definition) is 2. The maximum atomic E-state index is 13.3. The largest absolute Gasteiger partial charge is 0.492 e. The van der Waals surface area contributed by atoms with E-state index in [1.165, 1.54) is 11.0 Å². The summed E-state index contributed by atoms with van der Waals surface area (Å²) in [5, 5.41) is 4.61. The first kappa shape index (κ1) is 21.3. The number of rotatable bonds is 3. The van der Waals surface area contributed by atoms with Gasteiger partial charge in [-0.25, -0.2) is 14.8 Å². The third-order valence-electron chi connectivity index (χ3n) is 5.88. The molecule has 2 aromatic heterocycles. The standard InChI is InChI=1S/C21H21F3N6O3/c22-21(23,24)11-26-19(31)14-3-4-15-18(27-14)30(13-5-6-29(15)10-13)20(32)28-17-8-12-2-1-7-33-16(12)9-25-17/h3-4,8-9,13H,1-2,5-7,10-11H2,(H,26,31)(H,25,28,32)/t13-/m0/s1. The predicted octanol–water partition coefficient (Wildman–Crippen LogP) is 2.72. The van der Waals surface area contributed by atoms with Gasteiger partial charge in [0.15, 0.2) is 5.82 Å². The quantitative estimate of drug-likeness (QED) is 0.728. The third-order valence-corrected chi connectivity index (χ3v) is 5.88. The summed E-state index contributed by atoms with van der Waals surface area (Å²) < 4.78 is 43.0. The fourth-order valence-electron chi connectivity index (χ4n) is 4.36. The van der Waals surface area contributed by atoms with Gasteiger partial charge >= 0.3 is 12.2 Å². The Hall–Kier alpha value is -3.57. The average molecular weight is 462 g/mol. The van der Waals surface area contributed by atoms with Gasteiger partial charge in [0.25, 0.3) is 5.91 Å². The van der Waals surface area contributed by atoms with Crippen molar-refractivity contribution in [3.63, 3.8) is 0 Å². The van der Waals surface area contributed by atoms with Gasteiger partial charge in [-0.1, -0.05) is 0 Å². The molecule has 174 valence electrons. The fraction of sp³-hybridized carbons (Fsp3) is 0.429. The summed E-state index contributed by atoms with van der Waals surface area (Å²) in [6.07, 6.45) is -0.557. The monoisotopic (exact) mass is 462 g/mol. The Morgan fingerprint density at radius 2 is 2.12 bits per heavy atom. The summed E-state index contributed by atoms with van der Waals surface area (Å²) in [5.74, 6) is 0.345. The minimum Gasteiger partial charge on any atom is -0.492 e. The molecule has 33 heavy (non-hydrogen) atoms. The van der Waals surface area contributed by atoms with Gasteiger partial charge in [-0.3, -0.25) is 15.0 Å². The molecule has 0 aromatic carbocycles. The van der Waals surface area contributed by atoms with Crippen LogP contribution in [-0.2, 0) is 6.42 Å². The number of aromatic nitrogens is 2. The Balaban J connectivity index is 1.40. The number of hydrogen-bond acceptors (Lipinski definition) is 6. The van der Waals surface area contributed by atoms with Crippen LogP contribution in [-0.4, -0.2) is 60.4 Å². The molecule has 3 amide bonds. The molecule has 2 N–H and O–H groups in total. The second kappa shape index (κ2) is 8.09. The van der Waals surface area contributed by atoms with Crippen LogP contribution in [0.3, 0.4) is 0 Å². The molecule has 5 heterocycles. The number of ether oxygens (including phenoxy) is 1. The number of alkyl halides is 3. The summed E-state index contributed by atoms with van der Waals surface area (Å²) in [5.41, 5.74) is 1.42. The summed E-state index contributed by atoms with van der Waals surface area (Å²) in [6, 6.07) is 4.10. The zero-order chi connectivity index (χ0) is 23.2. The lowest BCUT2D eigenvalue weighted by Crippen LogP contribution is -2.48. The van der Waals surface area contributed by atoms with Crippen molar-refractivity contribution in [3.05, 3.63) is 35.7 Å². The lowest BCUT2D eigenvalue weighted by Gasteiger charge is -2.35. The molecule has 12 heteroatoms. The molecular formula is C21H21F3N6O3. The van der Waals surface area contributed by atoms with Crippen molar-refractivity contribution < 1.29 is 27.5 Å². The molecule has 9 nitrogen and oxygen atoms in total. The van der Waals surface area contributed by atoms with Crippen molar-refractivity contribution in [1.82, 2.24) is 15.3 Å². The number of carbonyl (C=O) groups is 2. The lowest BCUT2D eigenvalue weighted by atomic mass is 10.1. The first-order valence-corrected chi connectivity index (χ1v) is 10.6. The van der Waals surface area contributed by atoms with Gasteiger partial charge in [0, 0.05) is 13.1 Å². The highest BCUT2D eigenvalue weighted by atomic mass is 19.4. The third kappa shape index (κ3) is 4.24. The van der Waals surface area contributed by atoms with E-state index in [4.69, 9.17) is 4.74 Å². The summed E-state index contributed by atoms with van der Waals surface area (Å²) >= 11 is 0. The zero-order valence-electron chi connectivity index (χ0n) is 17.5. The zero-order valence-corrected chi connectivity index (χ0v) is 17.5. The number of fused-ring (bicyclic) bond motifs is 5. The van der Waals surface area contributed by atoms with Crippen molar-refractivity contribution in [2.75, 3.05) is 41.4 Å². The first-order chi connectivity index (χ1) is 15.8. The van der Waals surface area contributed by atoms with E-state index >= 15 is 0 Å². The van der Waals surface area contributed by atoms with E-state index in [1.807, 2.05) is 10.2 Å². The predicted molar refractivity (Wildman–Crippen MR) is 113 cm³/mol. The molecular weight excluding hydrogens is 441 g/mol. The molecule has 1 fully saturated rings. The van der Waals surface area contributed by atoms with E-state index in [1.54, 1.807) is 18.3 Å². The Labute approximate surface area is 186 Å². The fourth-order valence-corrected chi connectivity index (χ4v) is 4.36. The Bertz CT molecular complexity index is 1110. The van der Waals surface area contributed by atoms with Crippen LogP contribution in [0.1, 0.15) is 28.9 Å². The number of amides is 3. The van der Waals surface area contributed by atoms with Gasteiger partial charge in [0.1, 0.15) is 23.8 Å². The second-order valence-electron chi connectivity index (χ2n) is 8.16. The lowest BCUT2D eigenvalue weighted by molar-refractivity contribution is -0.123. The molecule has 0 radical (unpaired) electrons. The van der Waals surface area contributed by atoms with Crippen LogP contribution < -0.4 is 25.2 Å². The van der Waals surface area contributed by atoms with E-state index in [-0.39, 0.29) is 17.6 Å². The van der Waals surface area contributed by atoms with Gasteiger partial charge in [0.05, 0.1) is 24.5 Å². The minimum atomic E-state index is -4.53. The molecule has 1 atom stereocenters. The first-order valence-electron chi connectivity index (χ1n) is 10.6. The number of carbonyl (C=O) groups excluding carboxylic acids is 2. The summed E-state index contributed by atoms with van der Waals surface area (Å²) in [4.78, 5) is 37.5. The van der Waals surface area contributed by atoms with Gasteiger partial charge in [0.2, 0.25) is 0 Å². The van der Waals surface area contributed by atoms with Crippen LogP contribution in [0.25, 0.3) is 0 Å². The molecule has 5 rings (SSSR count). The van der Waals surface area contributed by atoms with E-state index in [0.29, 0.717) is 43.4 Å². The molecule has 2 bridgehead atoms. The second-order valence-corrected chi connectivity index (χ2v) is 8.16. The number of halogens is 3. The smallest absolute Gasteiger partial charge is 0.405 e. The number of nitrogens with zero attached hydrogens (tertiary/aromatic N) is 4. The number of nitrogens with one attached hydrogen (secondary N) is 2. The van der Waals surface area contributed by atoms with Crippen LogP contribution in [0, 0.1) is 0 Å². The highest BCUT2D eigenvalue weighted by Gasteiger charge is 2.41. The van der Waals surface area contributed by atoms with Crippen molar-refractivity contribution >= 4 is 29.3 Å². The van der Waals surface area contributed by atoms with Crippen LogP contribution in [0.5, 0.6) is 5.75 Å². The average Bonchev–Trinajstić information content (AvgIpc) is 3.20. The Morgan fingerprint density at radius 1 is 1.27 bits per heavy atom. The SMILES string of the molecule is O=C(NCC(F)(F)F)c1ccc2c(n1)N(C(=O)Nc1cc3c(cn1)OCCC3)[C@H]1CCN2C1. The Kier molecular flexibility index (Phi) is 5.22. The molecule has 3 aliphatic rings. The van der Waals surface area contributed by atoms with Gasteiger partial charge in [-0.15, -0.1) is 0 Å². The van der Waals surface area contributed by atoms with E-state index < -0.39 is 24.7 Å². The number of anilines is 3. The van der Waals surface area contributed by atoms with E-state index in [0.717, 1.165) is 18.4 Å². The Morgan fingerprint density at radius 3 is 2.94 bits per heavy atom. The number of aryl methyl sites for hydroxylation is 1. The van der Waals surface area contributed by atoms with Gasteiger partial charge in [-0.05, 0) is 43.0 Å². The number of urea groups is 1. The highest BCUT2D eigenvalue weighted by Crippen LogP contribution is 2.39. The maximum Gasteiger partial charge on any atom is 0.405 e. The minimum absolute atomic E-state index is 0.181. The normalized spacial score (nSPS) is 18.8. The molecule has 0 unspecified atom stereocenters. The van der Waals surface area contributed by atoms with Crippen molar-refractivity contribution in [2.24, 2.45) is 0 Å². The molecule has 0 spiro atoms. The van der Waals surface area contributed by atoms with Crippen LogP contribution in [0.2, 0.25) is 0 Å². The van der Waals surface area contributed by atoms with Crippen molar-refractivity contribution in [2.45, 2.75) is 31.5 Å². The molecule has 0 saturated carbocycles. The molecule has 1 saturated heterocycles. The van der Waals surface area contributed by atoms with Crippen LogP contribution in [0.4, 0.5) is 35.3 Å². The number of pyridine rings is 2. The topological polar surface area (TPSA) is 99.7 Å². The van der Waals surface area contributed by atoms with E-state index in [9.17, 15) is 22.8 Å². The summed E-state index contributed by atoms with van der Waals surface area (Å²) in [7, 11) is 0. The van der Waals surface area contributed by atoms with Crippen molar-refractivity contribution in [1.29, 1.82) is 0 Å². The van der Waals surface area contributed by atoms with E-state index in [2.05, 4.69) is 15.3 Å². The molecule has 3 aliphatic heterocycles. The summed E-state index contributed by atoms with van der Waals surface area (Å²) in [6.45, 7) is 0.481. The van der Waals surface area contributed by atoms with Gasteiger partial charge in [-0.2, -0.15) is 13.2 Å². The van der Waals surface area contributed by atoms with Crippen LogP contribution >= 0.6 is 0 Å². The molecule has 2 aromatic rings. The van der Waals surface area contributed by atoms with Gasteiger partial charge < -0.3 is 15.0 Å². The van der Waals surface area contributed by atoms with Crippen molar-refractivity contribution in [3.8, 4) is 5.75 Å².